The number of thioether (sulfide) groups is 1. The van der Waals surface area contributed by atoms with Crippen LogP contribution in [-0.2, 0) is 4.79 Å². The maximum absolute atomic E-state index is 12.4. The van der Waals surface area contributed by atoms with Gasteiger partial charge < -0.3 is 14.8 Å². The van der Waals surface area contributed by atoms with Crippen LogP contribution in [0.5, 0.6) is 11.5 Å². The number of carbonyl (C=O) groups excluding carboxylic acids is 1. The van der Waals surface area contributed by atoms with E-state index < -0.39 is 0 Å². The lowest BCUT2D eigenvalue weighted by Gasteiger charge is -2.11. The number of hydrogen-bond acceptors (Lipinski definition) is 7. The molecular formula is C19H21N5O3S. The van der Waals surface area contributed by atoms with Crippen molar-refractivity contribution in [3.8, 4) is 17.2 Å². The van der Waals surface area contributed by atoms with Gasteiger partial charge in [0, 0.05) is 23.9 Å². The maximum atomic E-state index is 12.4. The second-order valence-electron chi connectivity index (χ2n) is 6.03. The van der Waals surface area contributed by atoms with Crippen LogP contribution in [0.1, 0.15) is 11.1 Å². The quantitative estimate of drug-likeness (QED) is 0.611. The van der Waals surface area contributed by atoms with Gasteiger partial charge in [0.25, 0.3) is 0 Å². The minimum atomic E-state index is -0.128. The van der Waals surface area contributed by atoms with Crippen LogP contribution in [0.25, 0.3) is 5.69 Å². The molecule has 0 atom stereocenters. The molecule has 1 N–H and O–H groups in total. The van der Waals surface area contributed by atoms with Crippen molar-refractivity contribution in [1.82, 2.24) is 20.2 Å². The number of amides is 1. The van der Waals surface area contributed by atoms with E-state index in [1.807, 2.05) is 32.0 Å². The van der Waals surface area contributed by atoms with Gasteiger partial charge in [-0.1, -0.05) is 23.9 Å². The van der Waals surface area contributed by atoms with Crippen LogP contribution in [0, 0.1) is 13.8 Å². The molecule has 0 aliphatic rings. The Balaban J connectivity index is 1.73. The standard InChI is InChI=1S/C19H21N5O3S/c1-12-6-5-7-17(13(12)2)20-18(25)11-28-19-21-22-23-24(19)14-8-15(26-3)10-16(9-14)27-4/h5-10H,11H2,1-4H3,(H,20,25). The molecule has 1 aromatic heterocycles. The summed E-state index contributed by atoms with van der Waals surface area (Å²) in [6.45, 7) is 3.99. The van der Waals surface area contributed by atoms with Gasteiger partial charge in [0.05, 0.1) is 25.7 Å². The Bertz CT molecular complexity index is 967. The fourth-order valence-corrected chi connectivity index (χ4v) is 3.24. The molecule has 0 saturated carbocycles. The molecule has 0 aliphatic carbocycles. The van der Waals surface area contributed by atoms with E-state index in [1.165, 1.54) is 11.8 Å². The second-order valence-corrected chi connectivity index (χ2v) is 6.97. The number of nitrogens with zero attached hydrogens (tertiary/aromatic N) is 4. The lowest BCUT2D eigenvalue weighted by atomic mass is 10.1. The van der Waals surface area contributed by atoms with Gasteiger partial charge >= 0.3 is 0 Å². The van der Waals surface area contributed by atoms with E-state index in [0.717, 1.165) is 16.8 Å². The first-order chi connectivity index (χ1) is 13.5. The number of anilines is 1. The molecule has 0 bridgehead atoms. The summed E-state index contributed by atoms with van der Waals surface area (Å²) in [5.41, 5.74) is 3.66. The maximum Gasteiger partial charge on any atom is 0.234 e. The summed E-state index contributed by atoms with van der Waals surface area (Å²) in [6.07, 6.45) is 0. The van der Waals surface area contributed by atoms with Gasteiger partial charge in [0.15, 0.2) is 0 Å². The van der Waals surface area contributed by atoms with Crippen molar-refractivity contribution in [3.63, 3.8) is 0 Å². The average molecular weight is 399 g/mol. The van der Waals surface area contributed by atoms with Crippen LogP contribution in [0.15, 0.2) is 41.6 Å². The second kappa shape index (κ2) is 8.75. The topological polar surface area (TPSA) is 91.2 Å². The van der Waals surface area contributed by atoms with Crippen molar-refractivity contribution in [1.29, 1.82) is 0 Å². The van der Waals surface area contributed by atoms with Gasteiger partial charge in [0.1, 0.15) is 11.5 Å². The molecule has 0 unspecified atom stereocenters. The van der Waals surface area contributed by atoms with Gasteiger partial charge in [0.2, 0.25) is 11.1 Å². The third-order valence-electron chi connectivity index (χ3n) is 4.23. The first-order valence-corrected chi connectivity index (χ1v) is 9.51. The SMILES string of the molecule is COc1cc(OC)cc(-n2nnnc2SCC(=O)Nc2cccc(C)c2C)c1. The summed E-state index contributed by atoms with van der Waals surface area (Å²) < 4.78 is 12.1. The molecule has 9 heteroatoms. The van der Waals surface area contributed by atoms with E-state index in [0.29, 0.717) is 22.3 Å². The molecular weight excluding hydrogens is 378 g/mol. The first kappa shape index (κ1) is 19.7. The zero-order valence-electron chi connectivity index (χ0n) is 16.1. The Hall–Kier alpha value is -3.07. The zero-order chi connectivity index (χ0) is 20.1. The van der Waals surface area contributed by atoms with Crippen LogP contribution < -0.4 is 14.8 Å². The molecule has 0 aliphatic heterocycles. The Morgan fingerprint density at radius 3 is 2.54 bits per heavy atom. The van der Waals surface area contributed by atoms with Crippen LogP contribution in [0.3, 0.4) is 0 Å². The summed E-state index contributed by atoms with van der Waals surface area (Å²) in [6, 6.07) is 11.2. The van der Waals surface area contributed by atoms with Crippen LogP contribution in [-0.4, -0.2) is 46.1 Å². The molecule has 1 amide bonds. The molecule has 1 heterocycles. The van der Waals surface area contributed by atoms with Gasteiger partial charge in [-0.2, -0.15) is 4.68 Å². The van der Waals surface area contributed by atoms with Gasteiger partial charge in [-0.15, -0.1) is 5.10 Å². The van der Waals surface area contributed by atoms with E-state index in [-0.39, 0.29) is 11.7 Å². The summed E-state index contributed by atoms with van der Waals surface area (Å²) in [5, 5.41) is 15.2. The summed E-state index contributed by atoms with van der Waals surface area (Å²) in [7, 11) is 3.15. The summed E-state index contributed by atoms with van der Waals surface area (Å²) in [4.78, 5) is 12.4. The fraction of sp³-hybridized carbons (Fsp3) is 0.263. The number of aromatic nitrogens is 4. The highest BCUT2D eigenvalue weighted by Gasteiger charge is 2.14. The minimum absolute atomic E-state index is 0.128. The van der Waals surface area contributed by atoms with Crippen molar-refractivity contribution in [2.75, 3.05) is 25.3 Å². The van der Waals surface area contributed by atoms with E-state index in [2.05, 4.69) is 20.8 Å². The van der Waals surface area contributed by atoms with E-state index >= 15 is 0 Å². The molecule has 0 fully saturated rings. The molecule has 2 aromatic carbocycles. The number of tetrazole rings is 1. The van der Waals surface area contributed by atoms with E-state index in [1.54, 1.807) is 37.1 Å². The Labute approximate surface area is 167 Å². The van der Waals surface area contributed by atoms with Crippen molar-refractivity contribution < 1.29 is 14.3 Å². The normalized spacial score (nSPS) is 10.6. The van der Waals surface area contributed by atoms with Crippen molar-refractivity contribution in [2.24, 2.45) is 0 Å². The van der Waals surface area contributed by atoms with Crippen molar-refractivity contribution >= 4 is 23.4 Å². The predicted molar refractivity (Wildman–Crippen MR) is 108 cm³/mol. The molecule has 0 radical (unpaired) electrons. The summed E-state index contributed by atoms with van der Waals surface area (Å²) >= 11 is 1.25. The number of hydrogen-bond donors (Lipinski definition) is 1. The number of carbonyl (C=O) groups is 1. The molecule has 28 heavy (non-hydrogen) atoms. The first-order valence-electron chi connectivity index (χ1n) is 8.52. The molecule has 3 aromatic rings. The number of methoxy groups -OCH3 is 2. The number of aryl methyl sites for hydroxylation is 1. The van der Waals surface area contributed by atoms with Crippen LogP contribution in [0.4, 0.5) is 5.69 Å². The van der Waals surface area contributed by atoms with Crippen molar-refractivity contribution in [3.05, 3.63) is 47.5 Å². The third-order valence-corrected chi connectivity index (χ3v) is 5.15. The number of rotatable bonds is 7. The smallest absolute Gasteiger partial charge is 0.234 e. The van der Waals surface area contributed by atoms with E-state index in [9.17, 15) is 4.79 Å². The minimum Gasteiger partial charge on any atom is -0.497 e. The highest BCUT2D eigenvalue weighted by atomic mass is 32.2. The monoisotopic (exact) mass is 399 g/mol. The Morgan fingerprint density at radius 2 is 1.86 bits per heavy atom. The highest BCUT2D eigenvalue weighted by Crippen LogP contribution is 2.27. The molecule has 0 spiro atoms. The predicted octanol–water partition coefficient (Wildman–Crippen LogP) is 3.03. The summed E-state index contributed by atoms with van der Waals surface area (Å²) in [5.74, 6) is 1.29. The van der Waals surface area contributed by atoms with Gasteiger partial charge in [-0.3, -0.25) is 4.79 Å². The largest absolute Gasteiger partial charge is 0.497 e. The van der Waals surface area contributed by atoms with Crippen molar-refractivity contribution in [2.45, 2.75) is 19.0 Å². The number of ether oxygens (including phenoxy) is 2. The van der Waals surface area contributed by atoms with Gasteiger partial charge in [-0.05, 0) is 41.5 Å². The molecule has 8 nitrogen and oxygen atoms in total. The molecule has 0 saturated heterocycles. The van der Waals surface area contributed by atoms with Crippen LogP contribution >= 0.6 is 11.8 Å². The Kier molecular flexibility index (Phi) is 6.15. The van der Waals surface area contributed by atoms with Crippen LogP contribution in [0.2, 0.25) is 0 Å². The van der Waals surface area contributed by atoms with Gasteiger partial charge in [-0.25, -0.2) is 0 Å². The highest BCUT2D eigenvalue weighted by molar-refractivity contribution is 7.99. The fourth-order valence-electron chi connectivity index (χ4n) is 2.55. The third kappa shape index (κ3) is 4.42. The lowest BCUT2D eigenvalue weighted by molar-refractivity contribution is -0.113. The molecule has 146 valence electrons. The lowest BCUT2D eigenvalue weighted by Crippen LogP contribution is -2.15. The Morgan fingerprint density at radius 1 is 1.14 bits per heavy atom. The van der Waals surface area contributed by atoms with E-state index in [4.69, 9.17) is 9.47 Å². The molecule has 3 rings (SSSR count). The number of nitrogens with one attached hydrogen (secondary N) is 1. The number of benzene rings is 2. The average Bonchev–Trinajstić information content (AvgIpc) is 3.18. The zero-order valence-corrected chi connectivity index (χ0v) is 16.9.